The molecular weight excluding hydrogens is 325 g/mol. The summed E-state index contributed by atoms with van der Waals surface area (Å²) in [5, 5.41) is 7.46. The van der Waals surface area contributed by atoms with Crippen LogP contribution in [0.25, 0.3) is 11.4 Å². The van der Waals surface area contributed by atoms with Crippen LogP contribution in [0, 0.1) is 3.57 Å². The van der Waals surface area contributed by atoms with E-state index in [4.69, 9.17) is 0 Å². The Morgan fingerprint density at radius 2 is 1.94 bits per heavy atom. The summed E-state index contributed by atoms with van der Waals surface area (Å²) in [7, 11) is 0. The minimum absolute atomic E-state index is 0.595. The number of hydrogen-bond donors (Lipinski definition) is 1. The predicted molar refractivity (Wildman–Crippen MR) is 75.7 cm³/mol. The van der Waals surface area contributed by atoms with Gasteiger partial charge in [0.05, 0.1) is 0 Å². The highest BCUT2D eigenvalue weighted by atomic mass is 127. The lowest BCUT2D eigenvalue weighted by Crippen LogP contribution is -1.94. The Morgan fingerprint density at radius 1 is 1.18 bits per heavy atom. The van der Waals surface area contributed by atoms with E-state index in [0.29, 0.717) is 5.92 Å². The van der Waals surface area contributed by atoms with Gasteiger partial charge in [-0.3, -0.25) is 5.10 Å². The van der Waals surface area contributed by atoms with Gasteiger partial charge in [-0.15, -0.1) is 0 Å². The molecule has 0 amide bonds. The van der Waals surface area contributed by atoms with Crippen molar-refractivity contribution in [3.8, 4) is 11.4 Å². The van der Waals surface area contributed by atoms with Crippen molar-refractivity contribution in [3.63, 3.8) is 0 Å². The molecule has 3 rings (SSSR count). The molecule has 0 unspecified atom stereocenters. The molecule has 0 aliphatic heterocycles. The largest absolute Gasteiger partial charge is 0.262 e. The lowest BCUT2D eigenvalue weighted by atomic mass is 10.1. The predicted octanol–water partition coefficient (Wildman–Crippen LogP) is 3.73. The molecule has 1 fully saturated rings. The lowest BCUT2D eigenvalue weighted by molar-refractivity contribution is 0.672. The Bertz CT molecular complexity index is 515. The molecule has 88 valence electrons. The third-order valence-electron chi connectivity index (χ3n) is 3.36. The van der Waals surface area contributed by atoms with Crippen molar-refractivity contribution in [1.29, 1.82) is 0 Å². The number of nitrogens with zero attached hydrogens (tertiary/aromatic N) is 2. The molecule has 0 bridgehead atoms. The first-order chi connectivity index (χ1) is 8.34. The zero-order valence-electron chi connectivity index (χ0n) is 9.49. The summed E-state index contributed by atoms with van der Waals surface area (Å²) in [6.45, 7) is 0. The third-order valence-corrected chi connectivity index (χ3v) is 4.30. The maximum atomic E-state index is 4.65. The van der Waals surface area contributed by atoms with E-state index in [1.807, 2.05) is 12.1 Å². The Labute approximate surface area is 114 Å². The Balaban J connectivity index is 1.92. The van der Waals surface area contributed by atoms with E-state index in [1.165, 1.54) is 29.3 Å². The molecule has 1 heterocycles. The molecule has 4 heteroatoms. The van der Waals surface area contributed by atoms with Crippen molar-refractivity contribution < 1.29 is 0 Å². The van der Waals surface area contributed by atoms with Gasteiger partial charge in [-0.1, -0.05) is 31.0 Å². The van der Waals surface area contributed by atoms with Gasteiger partial charge in [-0.25, -0.2) is 4.98 Å². The highest BCUT2D eigenvalue weighted by Crippen LogP contribution is 2.33. The first-order valence-corrected chi connectivity index (χ1v) is 7.09. The highest BCUT2D eigenvalue weighted by Gasteiger charge is 2.21. The van der Waals surface area contributed by atoms with E-state index >= 15 is 0 Å². The van der Waals surface area contributed by atoms with Gasteiger partial charge in [0.25, 0.3) is 0 Å². The molecule has 1 aliphatic rings. The van der Waals surface area contributed by atoms with Gasteiger partial charge in [0.15, 0.2) is 5.82 Å². The number of hydrogen-bond acceptors (Lipinski definition) is 2. The second-order valence-electron chi connectivity index (χ2n) is 4.51. The van der Waals surface area contributed by atoms with Gasteiger partial charge in [-0.05, 0) is 41.5 Å². The van der Waals surface area contributed by atoms with Gasteiger partial charge in [-0.2, -0.15) is 5.10 Å². The minimum atomic E-state index is 0.595. The van der Waals surface area contributed by atoms with Crippen LogP contribution in [0.1, 0.15) is 37.4 Å². The second kappa shape index (κ2) is 4.76. The fourth-order valence-electron chi connectivity index (χ4n) is 2.42. The van der Waals surface area contributed by atoms with Crippen LogP contribution >= 0.6 is 22.6 Å². The van der Waals surface area contributed by atoms with E-state index in [9.17, 15) is 0 Å². The monoisotopic (exact) mass is 339 g/mol. The van der Waals surface area contributed by atoms with Crippen LogP contribution in [0.3, 0.4) is 0 Å². The molecule has 0 atom stereocenters. The highest BCUT2D eigenvalue weighted by molar-refractivity contribution is 14.1. The van der Waals surface area contributed by atoms with Crippen molar-refractivity contribution in [2.75, 3.05) is 0 Å². The van der Waals surface area contributed by atoms with E-state index in [0.717, 1.165) is 17.2 Å². The van der Waals surface area contributed by atoms with Crippen LogP contribution in [0.4, 0.5) is 0 Å². The minimum Gasteiger partial charge on any atom is -0.262 e. The van der Waals surface area contributed by atoms with Crippen LogP contribution in [0.5, 0.6) is 0 Å². The van der Waals surface area contributed by atoms with Crippen molar-refractivity contribution in [2.24, 2.45) is 0 Å². The SMILES string of the molecule is Ic1ccccc1-c1n[nH]c(C2CCCC2)n1. The fourth-order valence-corrected chi connectivity index (χ4v) is 3.05. The van der Waals surface area contributed by atoms with Crippen LogP contribution in [0.2, 0.25) is 0 Å². The Kier molecular flexibility index (Phi) is 3.13. The van der Waals surface area contributed by atoms with Crippen LogP contribution in [0.15, 0.2) is 24.3 Å². The van der Waals surface area contributed by atoms with Gasteiger partial charge >= 0.3 is 0 Å². The molecular formula is C13H14IN3. The van der Waals surface area contributed by atoms with Gasteiger partial charge in [0.1, 0.15) is 5.82 Å². The maximum Gasteiger partial charge on any atom is 0.182 e. The van der Waals surface area contributed by atoms with Gasteiger partial charge in [0.2, 0.25) is 0 Å². The summed E-state index contributed by atoms with van der Waals surface area (Å²) in [5.74, 6) is 2.49. The van der Waals surface area contributed by atoms with Crippen LogP contribution in [-0.4, -0.2) is 15.2 Å². The number of aromatic nitrogens is 3. The van der Waals surface area contributed by atoms with Crippen molar-refractivity contribution in [3.05, 3.63) is 33.7 Å². The number of rotatable bonds is 2. The average molecular weight is 339 g/mol. The van der Waals surface area contributed by atoms with Crippen LogP contribution < -0.4 is 0 Å². The number of nitrogens with one attached hydrogen (secondary N) is 1. The normalized spacial score (nSPS) is 16.5. The van der Waals surface area contributed by atoms with E-state index in [1.54, 1.807) is 0 Å². The molecule has 3 nitrogen and oxygen atoms in total. The first-order valence-electron chi connectivity index (χ1n) is 6.02. The van der Waals surface area contributed by atoms with Crippen molar-refractivity contribution in [2.45, 2.75) is 31.6 Å². The maximum absolute atomic E-state index is 4.65. The summed E-state index contributed by atoms with van der Waals surface area (Å²) < 4.78 is 1.20. The van der Waals surface area contributed by atoms with Crippen LogP contribution in [-0.2, 0) is 0 Å². The molecule has 1 aromatic carbocycles. The van der Waals surface area contributed by atoms with Gasteiger partial charge in [0, 0.05) is 15.1 Å². The molecule has 1 aliphatic carbocycles. The Morgan fingerprint density at radius 3 is 2.71 bits per heavy atom. The second-order valence-corrected chi connectivity index (χ2v) is 5.67. The smallest absolute Gasteiger partial charge is 0.182 e. The molecule has 2 aromatic rings. The van der Waals surface area contributed by atoms with Crippen molar-refractivity contribution in [1.82, 2.24) is 15.2 Å². The standard InChI is InChI=1S/C13H14IN3/c14-11-8-4-3-7-10(11)13-15-12(16-17-13)9-5-1-2-6-9/h3-4,7-9H,1-2,5-6H2,(H,15,16,17). The topological polar surface area (TPSA) is 41.6 Å². The molecule has 17 heavy (non-hydrogen) atoms. The van der Waals surface area contributed by atoms with E-state index in [2.05, 4.69) is 49.9 Å². The zero-order chi connectivity index (χ0) is 11.7. The molecule has 1 aromatic heterocycles. The number of H-pyrrole nitrogens is 1. The Hall–Kier alpha value is -0.910. The number of halogens is 1. The molecule has 0 spiro atoms. The summed E-state index contributed by atoms with van der Waals surface area (Å²) in [5.41, 5.74) is 1.12. The summed E-state index contributed by atoms with van der Waals surface area (Å²) in [6, 6.07) is 8.23. The summed E-state index contributed by atoms with van der Waals surface area (Å²) in [4.78, 5) is 4.65. The van der Waals surface area contributed by atoms with E-state index in [-0.39, 0.29) is 0 Å². The summed E-state index contributed by atoms with van der Waals surface area (Å²) >= 11 is 2.33. The summed E-state index contributed by atoms with van der Waals surface area (Å²) in [6.07, 6.45) is 5.15. The first kappa shape index (κ1) is 11.2. The number of aromatic amines is 1. The zero-order valence-corrected chi connectivity index (χ0v) is 11.6. The number of benzene rings is 1. The molecule has 1 saturated carbocycles. The molecule has 0 radical (unpaired) electrons. The van der Waals surface area contributed by atoms with E-state index < -0.39 is 0 Å². The molecule has 1 N–H and O–H groups in total. The fraction of sp³-hybridized carbons (Fsp3) is 0.385. The molecule has 0 saturated heterocycles. The average Bonchev–Trinajstić information content (AvgIpc) is 3.00. The van der Waals surface area contributed by atoms with Crippen molar-refractivity contribution >= 4 is 22.6 Å². The third kappa shape index (κ3) is 2.22. The van der Waals surface area contributed by atoms with Gasteiger partial charge < -0.3 is 0 Å². The quantitative estimate of drug-likeness (QED) is 0.847. The lowest BCUT2D eigenvalue weighted by Gasteiger charge is -2.02.